The number of nitro benzene ring substituents is 1. The maximum atomic E-state index is 12.7. The summed E-state index contributed by atoms with van der Waals surface area (Å²) in [5.74, 6) is 0.939. The van der Waals surface area contributed by atoms with E-state index in [9.17, 15) is 14.9 Å². The predicted molar refractivity (Wildman–Crippen MR) is 113 cm³/mol. The van der Waals surface area contributed by atoms with E-state index in [0.717, 1.165) is 5.56 Å². The van der Waals surface area contributed by atoms with Gasteiger partial charge in [-0.1, -0.05) is 17.2 Å². The minimum absolute atomic E-state index is 0.0855. The minimum atomic E-state index is -0.715. The van der Waals surface area contributed by atoms with Crippen molar-refractivity contribution < 1.29 is 9.66 Å². The summed E-state index contributed by atoms with van der Waals surface area (Å²) in [6.45, 7) is 2.43. The van der Waals surface area contributed by atoms with E-state index in [1.807, 2.05) is 19.1 Å². The lowest BCUT2D eigenvalue weighted by Gasteiger charge is -2.27. The molecule has 0 fully saturated rings. The first kappa shape index (κ1) is 19.4. The topological polar surface area (TPSA) is 154 Å². The summed E-state index contributed by atoms with van der Waals surface area (Å²) in [5, 5.41) is 32.8. The second kappa shape index (κ2) is 7.58. The van der Waals surface area contributed by atoms with Crippen molar-refractivity contribution in [1.82, 2.24) is 30.4 Å². The van der Waals surface area contributed by atoms with Crippen LogP contribution >= 0.6 is 0 Å². The molecule has 0 amide bonds. The highest BCUT2D eigenvalue weighted by atomic mass is 16.6. The second-order valence-electron chi connectivity index (χ2n) is 6.97. The number of rotatable bonds is 5. The molecule has 0 unspecified atom stereocenters. The molecule has 5 rings (SSSR count). The van der Waals surface area contributed by atoms with Gasteiger partial charge in [0, 0.05) is 23.3 Å². The van der Waals surface area contributed by atoms with E-state index >= 15 is 0 Å². The standard InChI is InChI=1S/C20H16N8O4/c1-2-32-14-8-6-11(7-9-14)16-15-17(19(29)23-22-16)21-20-24-25-26-27(20)18(15)12-4-3-5-13(10-12)28(30)31/h3-10,18H,2H2,1H3,(H,23,29)(H,21,24,26)/t18-/m1/s1. The summed E-state index contributed by atoms with van der Waals surface area (Å²) >= 11 is 0. The van der Waals surface area contributed by atoms with Crippen molar-refractivity contribution in [2.75, 3.05) is 11.9 Å². The molecule has 1 aliphatic rings. The molecule has 3 heterocycles. The molecule has 1 aliphatic heterocycles. The molecule has 2 aromatic heterocycles. The van der Waals surface area contributed by atoms with Gasteiger partial charge in [-0.2, -0.15) is 9.78 Å². The van der Waals surface area contributed by atoms with Crippen molar-refractivity contribution in [3.8, 4) is 17.0 Å². The van der Waals surface area contributed by atoms with E-state index in [-0.39, 0.29) is 17.3 Å². The number of nitrogens with one attached hydrogen (secondary N) is 2. The zero-order valence-corrected chi connectivity index (χ0v) is 16.7. The molecule has 0 saturated heterocycles. The smallest absolute Gasteiger partial charge is 0.288 e. The van der Waals surface area contributed by atoms with Crippen molar-refractivity contribution in [2.24, 2.45) is 0 Å². The normalized spacial score (nSPS) is 14.2. The third kappa shape index (κ3) is 3.14. The Kier molecular flexibility index (Phi) is 4.58. The fourth-order valence-electron chi connectivity index (χ4n) is 3.75. The summed E-state index contributed by atoms with van der Waals surface area (Å²) in [4.78, 5) is 23.6. The quantitative estimate of drug-likeness (QED) is 0.315. The fourth-order valence-corrected chi connectivity index (χ4v) is 3.75. The molecule has 0 radical (unpaired) electrons. The van der Waals surface area contributed by atoms with Crippen LogP contribution in [0.25, 0.3) is 11.3 Å². The number of H-pyrrole nitrogens is 1. The summed E-state index contributed by atoms with van der Waals surface area (Å²) < 4.78 is 6.98. The number of aromatic amines is 1. The molecule has 0 saturated carbocycles. The van der Waals surface area contributed by atoms with E-state index < -0.39 is 16.5 Å². The number of non-ortho nitro benzene ring substituents is 1. The van der Waals surface area contributed by atoms with Gasteiger partial charge in [0.25, 0.3) is 11.2 Å². The molecule has 4 aromatic rings. The summed E-state index contributed by atoms with van der Waals surface area (Å²) in [6, 6.07) is 12.7. The Bertz CT molecular complexity index is 1380. The second-order valence-corrected chi connectivity index (χ2v) is 6.97. The SMILES string of the molecule is CCOc1ccc(-c2n[nH]c(=O)c3c2[C@@H](c2cccc([N+](=O)[O-])c2)n2nnnc2N3)cc1. The van der Waals surface area contributed by atoms with Gasteiger partial charge in [-0.3, -0.25) is 14.9 Å². The van der Waals surface area contributed by atoms with Gasteiger partial charge in [-0.25, -0.2) is 5.10 Å². The van der Waals surface area contributed by atoms with Gasteiger partial charge in [0.1, 0.15) is 17.5 Å². The minimum Gasteiger partial charge on any atom is -0.494 e. The first-order valence-electron chi connectivity index (χ1n) is 9.72. The zero-order valence-electron chi connectivity index (χ0n) is 16.7. The molecule has 12 nitrogen and oxygen atoms in total. The number of aromatic nitrogens is 6. The Morgan fingerprint density at radius 1 is 1.22 bits per heavy atom. The van der Waals surface area contributed by atoms with Gasteiger partial charge in [0.15, 0.2) is 0 Å². The van der Waals surface area contributed by atoms with Crippen molar-refractivity contribution in [2.45, 2.75) is 13.0 Å². The van der Waals surface area contributed by atoms with Crippen LogP contribution in [0.15, 0.2) is 53.3 Å². The van der Waals surface area contributed by atoms with Crippen LogP contribution in [0.5, 0.6) is 5.75 Å². The monoisotopic (exact) mass is 432 g/mol. The van der Waals surface area contributed by atoms with Crippen LogP contribution < -0.4 is 15.6 Å². The molecule has 160 valence electrons. The third-order valence-corrected chi connectivity index (χ3v) is 5.10. The van der Waals surface area contributed by atoms with Gasteiger partial charge in [0.2, 0.25) is 5.95 Å². The lowest BCUT2D eigenvalue weighted by Crippen LogP contribution is -2.29. The Morgan fingerprint density at radius 3 is 2.78 bits per heavy atom. The van der Waals surface area contributed by atoms with Crippen molar-refractivity contribution >= 4 is 17.3 Å². The average Bonchev–Trinajstić information content (AvgIpc) is 3.27. The highest BCUT2D eigenvalue weighted by Crippen LogP contribution is 2.41. The molecular formula is C20H16N8O4. The fraction of sp³-hybridized carbons (Fsp3) is 0.150. The Hall–Kier alpha value is -4.61. The molecule has 2 aromatic carbocycles. The van der Waals surface area contributed by atoms with Gasteiger partial charge >= 0.3 is 0 Å². The third-order valence-electron chi connectivity index (χ3n) is 5.10. The lowest BCUT2D eigenvalue weighted by atomic mass is 9.92. The highest BCUT2D eigenvalue weighted by molar-refractivity contribution is 5.75. The lowest BCUT2D eigenvalue weighted by molar-refractivity contribution is -0.384. The predicted octanol–water partition coefficient (Wildman–Crippen LogP) is 2.42. The number of nitrogens with zero attached hydrogens (tertiary/aromatic N) is 6. The molecule has 0 aliphatic carbocycles. The summed E-state index contributed by atoms with van der Waals surface area (Å²) in [6.07, 6.45) is 0. The maximum absolute atomic E-state index is 12.7. The highest BCUT2D eigenvalue weighted by Gasteiger charge is 2.34. The van der Waals surface area contributed by atoms with Gasteiger partial charge in [-0.15, -0.1) is 0 Å². The van der Waals surface area contributed by atoms with Gasteiger partial charge in [0.05, 0.1) is 17.2 Å². The Morgan fingerprint density at radius 2 is 2.03 bits per heavy atom. The van der Waals surface area contributed by atoms with Gasteiger partial charge in [-0.05, 0) is 47.2 Å². The maximum Gasteiger partial charge on any atom is 0.288 e. The molecule has 0 bridgehead atoms. The van der Waals surface area contributed by atoms with E-state index in [0.29, 0.717) is 29.2 Å². The number of benzene rings is 2. The molecular weight excluding hydrogens is 416 g/mol. The number of fused-ring (bicyclic) bond motifs is 2. The van der Waals surface area contributed by atoms with Gasteiger partial charge < -0.3 is 10.1 Å². The van der Waals surface area contributed by atoms with Crippen LogP contribution in [0.1, 0.15) is 24.1 Å². The number of anilines is 2. The van der Waals surface area contributed by atoms with Crippen LogP contribution in [0.2, 0.25) is 0 Å². The largest absolute Gasteiger partial charge is 0.494 e. The van der Waals surface area contributed by atoms with E-state index in [4.69, 9.17) is 4.74 Å². The van der Waals surface area contributed by atoms with E-state index in [1.165, 1.54) is 16.8 Å². The molecule has 2 N–H and O–H groups in total. The zero-order chi connectivity index (χ0) is 22.2. The van der Waals surface area contributed by atoms with Crippen LogP contribution in [0.3, 0.4) is 0 Å². The summed E-state index contributed by atoms with van der Waals surface area (Å²) in [7, 11) is 0. The average molecular weight is 432 g/mol. The number of ether oxygens (including phenoxy) is 1. The number of nitro groups is 1. The molecule has 12 heteroatoms. The van der Waals surface area contributed by atoms with E-state index in [1.54, 1.807) is 24.3 Å². The van der Waals surface area contributed by atoms with Crippen LogP contribution in [-0.4, -0.2) is 41.9 Å². The van der Waals surface area contributed by atoms with Crippen LogP contribution in [0, 0.1) is 10.1 Å². The van der Waals surface area contributed by atoms with E-state index in [2.05, 4.69) is 31.0 Å². The Balaban J connectivity index is 1.74. The van der Waals surface area contributed by atoms with Crippen molar-refractivity contribution in [1.29, 1.82) is 0 Å². The molecule has 32 heavy (non-hydrogen) atoms. The molecule has 1 atom stereocenters. The summed E-state index contributed by atoms with van der Waals surface area (Å²) in [5.41, 5.74) is 1.91. The van der Waals surface area contributed by atoms with Crippen molar-refractivity contribution in [3.63, 3.8) is 0 Å². The van der Waals surface area contributed by atoms with Crippen LogP contribution in [0.4, 0.5) is 17.3 Å². The molecule has 0 spiro atoms. The first-order valence-corrected chi connectivity index (χ1v) is 9.72. The van der Waals surface area contributed by atoms with Crippen LogP contribution in [-0.2, 0) is 0 Å². The number of tetrazole rings is 1. The first-order chi connectivity index (χ1) is 15.6. The number of hydrogen-bond donors (Lipinski definition) is 2. The number of hydrogen-bond acceptors (Lipinski definition) is 9. The Labute approximate surface area is 180 Å². The van der Waals surface area contributed by atoms with Crippen molar-refractivity contribution in [3.05, 3.63) is 80.1 Å².